The molecule has 3 N–H and O–H groups in total. The van der Waals surface area contributed by atoms with Gasteiger partial charge in [-0.1, -0.05) is 42.1 Å². The zero-order valence-electron chi connectivity index (χ0n) is 11.2. The minimum absolute atomic E-state index is 0.0901. The molecule has 0 aliphatic heterocycles. The predicted octanol–water partition coefficient (Wildman–Crippen LogP) is 3.85. The SMILES string of the molecule is NCC1CCCCC1(CC(=O)O)c1ccc(Cl)c(Cl)c1. The van der Waals surface area contributed by atoms with Gasteiger partial charge in [0.1, 0.15) is 0 Å². The van der Waals surface area contributed by atoms with Crippen LogP contribution in [0, 0.1) is 5.92 Å². The number of carbonyl (C=O) groups is 1. The van der Waals surface area contributed by atoms with Crippen molar-refractivity contribution in [2.24, 2.45) is 11.7 Å². The molecule has 1 saturated carbocycles. The molecule has 0 amide bonds. The van der Waals surface area contributed by atoms with Gasteiger partial charge in [-0.3, -0.25) is 4.79 Å². The van der Waals surface area contributed by atoms with Crippen molar-refractivity contribution in [2.45, 2.75) is 37.5 Å². The molecule has 1 aliphatic rings. The summed E-state index contributed by atoms with van der Waals surface area (Å²) in [4.78, 5) is 11.4. The molecule has 0 spiro atoms. The average molecular weight is 316 g/mol. The minimum atomic E-state index is -0.795. The first-order valence-corrected chi connectivity index (χ1v) is 7.62. The Morgan fingerprint density at radius 2 is 2.10 bits per heavy atom. The molecular weight excluding hydrogens is 297 g/mol. The molecule has 1 fully saturated rings. The van der Waals surface area contributed by atoms with Crippen LogP contribution in [-0.4, -0.2) is 17.6 Å². The number of rotatable bonds is 4. The first-order valence-electron chi connectivity index (χ1n) is 6.87. The van der Waals surface area contributed by atoms with Crippen molar-refractivity contribution in [1.82, 2.24) is 0 Å². The van der Waals surface area contributed by atoms with E-state index in [-0.39, 0.29) is 12.3 Å². The number of benzene rings is 1. The van der Waals surface area contributed by atoms with E-state index in [1.165, 1.54) is 0 Å². The van der Waals surface area contributed by atoms with Crippen LogP contribution >= 0.6 is 23.2 Å². The van der Waals surface area contributed by atoms with Crippen molar-refractivity contribution in [3.8, 4) is 0 Å². The third-order valence-electron chi connectivity index (χ3n) is 4.45. The Kier molecular flexibility index (Phi) is 4.95. The van der Waals surface area contributed by atoms with Crippen LogP contribution in [0.15, 0.2) is 18.2 Å². The van der Waals surface area contributed by atoms with Crippen LogP contribution in [0.1, 0.15) is 37.7 Å². The second-order valence-corrected chi connectivity index (χ2v) is 6.35. The summed E-state index contributed by atoms with van der Waals surface area (Å²) in [6.45, 7) is 0.494. The topological polar surface area (TPSA) is 63.3 Å². The molecule has 0 aromatic heterocycles. The minimum Gasteiger partial charge on any atom is -0.481 e. The van der Waals surface area contributed by atoms with Crippen LogP contribution < -0.4 is 5.73 Å². The van der Waals surface area contributed by atoms with Crippen molar-refractivity contribution < 1.29 is 9.90 Å². The molecule has 3 nitrogen and oxygen atoms in total. The fraction of sp³-hybridized carbons (Fsp3) is 0.533. The van der Waals surface area contributed by atoms with Crippen LogP contribution in [0.25, 0.3) is 0 Å². The van der Waals surface area contributed by atoms with Crippen molar-refractivity contribution in [2.75, 3.05) is 6.54 Å². The first-order chi connectivity index (χ1) is 9.49. The van der Waals surface area contributed by atoms with Crippen molar-refractivity contribution in [3.05, 3.63) is 33.8 Å². The average Bonchev–Trinajstić information content (AvgIpc) is 2.41. The van der Waals surface area contributed by atoms with E-state index in [0.717, 1.165) is 31.2 Å². The lowest BCUT2D eigenvalue weighted by Crippen LogP contribution is -2.43. The molecule has 0 saturated heterocycles. The number of carboxylic acids is 1. The van der Waals surface area contributed by atoms with E-state index in [9.17, 15) is 9.90 Å². The van der Waals surface area contributed by atoms with Crippen molar-refractivity contribution in [1.29, 1.82) is 0 Å². The summed E-state index contributed by atoms with van der Waals surface area (Å²) in [5.74, 6) is -0.624. The molecule has 0 radical (unpaired) electrons. The largest absolute Gasteiger partial charge is 0.481 e. The summed E-state index contributed by atoms with van der Waals surface area (Å²) >= 11 is 12.1. The summed E-state index contributed by atoms with van der Waals surface area (Å²) in [6, 6.07) is 5.44. The number of aliphatic carboxylic acids is 1. The Hall–Kier alpha value is -0.770. The van der Waals surface area contributed by atoms with Gasteiger partial charge in [-0.2, -0.15) is 0 Å². The second-order valence-electron chi connectivity index (χ2n) is 5.53. The quantitative estimate of drug-likeness (QED) is 0.886. The molecule has 2 rings (SSSR count). The van der Waals surface area contributed by atoms with E-state index in [2.05, 4.69) is 0 Å². The third-order valence-corrected chi connectivity index (χ3v) is 5.19. The normalized spacial score (nSPS) is 26.4. The Labute approximate surface area is 129 Å². The fourth-order valence-corrected chi connectivity index (χ4v) is 3.74. The maximum atomic E-state index is 11.4. The number of hydrogen-bond donors (Lipinski definition) is 2. The lowest BCUT2D eigenvalue weighted by atomic mass is 9.61. The van der Waals surface area contributed by atoms with Gasteiger partial charge in [-0.15, -0.1) is 0 Å². The summed E-state index contributed by atoms with van der Waals surface area (Å²) in [7, 11) is 0. The van der Waals surface area contributed by atoms with Crippen LogP contribution in [0.3, 0.4) is 0 Å². The molecule has 1 aromatic rings. The van der Waals surface area contributed by atoms with Gasteiger partial charge in [-0.05, 0) is 43.0 Å². The molecule has 1 aromatic carbocycles. The summed E-state index contributed by atoms with van der Waals surface area (Å²) < 4.78 is 0. The van der Waals surface area contributed by atoms with Gasteiger partial charge in [0.25, 0.3) is 0 Å². The van der Waals surface area contributed by atoms with E-state index in [4.69, 9.17) is 28.9 Å². The molecule has 2 unspecified atom stereocenters. The lowest BCUT2D eigenvalue weighted by molar-refractivity contribution is -0.139. The van der Waals surface area contributed by atoms with Gasteiger partial charge < -0.3 is 10.8 Å². The molecule has 20 heavy (non-hydrogen) atoms. The highest BCUT2D eigenvalue weighted by atomic mass is 35.5. The molecule has 5 heteroatoms. The number of nitrogens with two attached hydrogens (primary N) is 1. The summed E-state index contributed by atoms with van der Waals surface area (Å²) in [6.07, 6.45) is 4.00. The van der Waals surface area contributed by atoms with Crippen LogP contribution in [-0.2, 0) is 10.2 Å². The van der Waals surface area contributed by atoms with E-state index in [1.807, 2.05) is 6.07 Å². The van der Waals surface area contributed by atoms with Gasteiger partial charge in [-0.25, -0.2) is 0 Å². The lowest BCUT2D eigenvalue weighted by Gasteiger charge is -2.43. The number of hydrogen-bond acceptors (Lipinski definition) is 2. The van der Waals surface area contributed by atoms with Gasteiger partial charge in [0, 0.05) is 5.41 Å². The predicted molar refractivity (Wildman–Crippen MR) is 81.4 cm³/mol. The molecule has 0 heterocycles. The Bertz CT molecular complexity index is 507. The van der Waals surface area contributed by atoms with Crippen LogP contribution in [0.4, 0.5) is 0 Å². The fourth-order valence-electron chi connectivity index (χ4n) is 3.45. The summed E-state index contributed by atoms with van der Waals surface area (Å²) in [5, 5.41) is 10.3. The zero-order valence-corrected chi connectivity index (χ0v) is 12.8. The monoisotopic (exact) mass is 315 g/mol. The zero-order chi connectivity index (χ0) is 14.8. The van der Waals surface area contributed by atoms with Gasteiger partial charge in [0.2, 0.25) is 0 Å². The van der Waals surface area contributed by atoms with E-state index < -0.39 is 11.4 Å². The van der Waals surface area contributed by atoms with Crippen molar-refractivity contribution >= 4 is 29.2 Å². The maximum absolute atomic E-state index is 11.4. The second kappa shape index (κ2) is 6.33. The molecule has 2 atom stereocenters. The molecule has 110 valence electrons. The third kappa shape index (κ3) is 2.95. The van der Waals surface area contributed by atoms with Gasteiger partial charge >= 0.3 is 5.97 Å². The molecule has 1 aliphatic carbocycles. The summed E-state index contributed by atoms with van der Waals surface area (Å²) in [5.41, 5.74) is 6.43. The highest BCUT2D eigenvalue weighted by Crippen LogP contribution is 2.47. The highest BCUT2D eigenvalue weighted by molar-refractivity contribution is 6.42. The van der Waals surface area contributed by atoms with Crippen LogP contribution in [0.2, 0.25) is 10.0 Å². The molecule has 0 bridgehead atoms. The standard InChI is InChI=1S/C15H19Cl2NO2/c16-12-5-4-10(7-13(12)17)15(8-14(19)20)6-2-1-3-11(15)9-18/h4-5,7,11H,1-3,6,8-9,18H2,(H,19,20). The highest BCUT2D eigenvalue weighted by Gasteiger charge is 2.43. The first kappa shape index (κ1) is 15.6. The number of carboxylic acid groups (broad SMARTS) is 1. The number of halogens is 2. The molecular formula is C15H19Cl2NO2. The Balaban J connectivity index is 2.49. The van der Waals surface area contributed by atoms with E-state index in [0.29, 0.717) is 16.6 Å². The van der Waals surface area contributed by atoms with E-state index >= 15 is 0 Å². The van der Waals surface area contributed by atoms with E-state index in [1.54, 1.807) is 12.1 Å². The Morgan fingerprint density at radius 3 is 2.70 bits per heavy atom. The van der Waals surface area contributed by atoms with Gasteiger partial charge in [0.05, 0.1) is 16.5 Å². The maximum Gasteiger partial charge on any atom is 0.304 e. The Morgan fingerprint density at radius 1 is 1.35 bits per heavy atom. The van der Waals surface area contributed by atoms with Crippen LogP contribution in [0.5, 0.6) is 0 Å². The van der Waals surface area contributed by atoms with Crippen molar-refractivity contribution in [3.63, 3.8) is 0 Å². The smallest absolute Gasteiger partial charge is 0.304 e. The van der Waals surface area contributed by atoms with Gasteiger partial charge in [0.15, 0.2) is 0 Å².